The van der Waals surface area contributed by atoms with Gasteiger partial charge in [0.25, 0.3) is 0 Å². The molecule has 15 heavy (non-hydrogen) atoms. The first-order valence-electron chi connectivity index (χ1n) is 5.14. The zero-order valence-electron chi connectivity index (χ0n) is 8.90. The molecule has 1 aromatic carbocycles. The molecule has 1 heteroatoms. The van der Waals surface area contributed by atoms with Gasteiger partial charge in [-0.1, -0.05) is 43.0 Å². The van der Waals surface area contributed by atoms with Gasteiger partial charge in [0.1, 0.15) is 0 Å². The van der Waals surface area contributed by atoms with E-state index in [2.05, 4.69) is 49.2 Å². The Bertz CT molecular complexity index is 427. The number of dihydropyridines is 1. The van der Waals surface area contributed by atoms with Crippen molar-refractivity contribution in [1.82, 2.24) is 5.32 Å². The highest BCUT2D eigenvalue weighted by Gasteiger charge is 2.12. The third-order valence-corrected chi connectivity index (χ3v) is 2.68. The summed E-state index contributed by atoms with van der Waals surface area (Å²) in [5.41, 5.74) is 3.81. The van der Waals surface area contributed by atoms with Gasteiger partial charge in [-0.15, -0.1) is 0 Å². The van der Waals surface area contributed by atoms with Crippen molar-refractivity contribution in [2.75, 3.05) is 0 Å². The summed E-state index contributed by atoms with van der Waals surface area (Å²) in [5, 5.41) is 3.34. The fraction of sp³-hybridized carbons (Fsp3) is 0.143. The molecule has 1 nitrogen and oxygen atoms in total. The first-order chi connectivity index (χ1) is 7.33. The van der Waals surface area contributed by atoms with Crippen molar-refractivity contribution in [1.29, 1.82) is 0 Å². The van der Waals surface area contributed by atoms with Crippen molar-refractivity contribution in [2.45, 2.75) is 13.0 Å². The third kappa shape index (κ3) is 1.86. The van der Waals surface area contributed by atoms with Crippen LogP contribution in [0.5, 0.6) is 0 Å². The van der Waals surface area contributed by atoms with E-state index in [4.69, 9.17) is 0 Å². The predicted molar refractivity (Wildman–Crippen MR) is 65.4 cm³/mol. The highest BCUT2D eigenvalue weighted by molar-refractivity contribution is 5.56. The molecule has 1 heterocycles. The molecule has 0 amide bonds. The van der Waals surface area contributed by atoms with Gasteiger partial charge >= 0.3 is 0 Å². The van der Waals surface area contributed by atoms with Gasteiger partial charge in [0, 0.05) is 0 Å². The van der Waals surface area contributed by atoms with Crippen LogP contribution in [0.25, 0.3) is 6.08 Å². The number of benzene rings is 1. The van der Waals surface area contributed by atoms with Crippen molar-refractivity contribution in [2.24, 2.45) is 0 Å². The summed E-state index contributed by atoms with van der Waals surface area (Å²) in [7, 11) is 0. The SMILES string of the molecule is C=Cc1cccc(C)c1C1C=CC=CN1. The molecule has 0 aromatic heterocycles. The van der Waals surface area contributed by atoms with E-state index in [-0.39, 0.29) is 6.04 Å². The van der Waals surface area contributed by atoms with Crippen LogP contribution < -0.4 is 5.32 Å². The molecule has 2 rings (SSSR count). The highest BCUT2D eigenvalue weighted by atomic mass is 14.9. The van der Waals surface area contributed by atoms with Gasteiger partial charge in [-0.25, -0.2) is 0 Å². The molecule has 0 spiro atoms. The van der Waals surface area contributed by atoms with E-state index in [9.17, 15) is 0 Å². The van der Waals surface area contributed by atoms with Gasteiger partial charge in [-0.2, -0.15) is 0 Å². The maximum absolute atomic E-state index is 3.86. The van der Waals surface area contributed by atoms with Crippen molar-refractivity contribution in [3.63, 3.8) is 0 Å². The Kier molecular flexibility index (Phi) is 2.72. The molecule has 1 atom stereocenters. The quantitative estimate of drug-likeness (QED) is 0.766. The lowest BCUT2D eigenvalue weighted by atomic mass is 9.94. The Balaban J connectivity index is 2.46. The first-order valence-corrected chi connectivity index (χ1v) is 5.14. The molecular weight excluding hydrogens is 182 g/mol. The van der Waals surface area contributed by atoms with Crippen LogP contribution in [0, 0.1) is 6.92 Å². The minimum Gasteiger partial charge on any atom is -0.381 e. The lowest BCUT2D eigenvalue weighted by molar-refractivity contribution is 0.739. The van der Waals surface area contributed by atoms with Crippen molar-refractivity contribution in [3.8, 4) is 0 Å². The summed E-state index contributed by atoms with van der Waals surface area (Å²) in [5.74, 6) is 0. The second-order valence-corrected chi connectivity index (χ2v) is 3.67. The Morgan fingerprint density at radius 1 is 1.33 bits per heavy atom. The molecule has 0 saturated carbocycles. The molecule has 0 saturated heterocycles. The zero-order valence-corrected chi connectivity index (χ0v) is 8.90. The molecule has 76 valence electrons. The number of hydrogen-bond acceptors (Lipinski definition) is 1. The molecule has 0 aliphatic carbocycles. The van der Waals surface area contributed by atoms with Gasteiger partial charge in [0.15, 0.2) is 0 Å². The standard InChI is InChI=1S/C14H15N/c1-3-12-8-6-7-11(2)14(12)13-9-4-5-10-15-13/h3-10,13,15H,1H2,2H3. The molecule has 1 N–H and O–H groups in total. The maximum Gasteiger partial charge on any atom is 0.0704 e. The van der Waals surface area contributed by atoms with E-state index in [0.717, 1.165) is 0 Å². The van der Waals surface area contributed by atoms with Gasteiger partial charge in [-0.3, -0.25) is 0 Å². The molecule has 1 aliphatic heterocycles. The van der Waals surface area contributed by atoms with Crippen LogP contribution in [-0.4, -0.2) is 0 Å². The third-order valence-electron chi connectivity index (χ3n) is 2.68. The van der Waals surface area contributed by atoms with Crippen LogP contribution in [0.2, 0.25) is 0 Å². The lowest BCUT2D eigenvalue weighted by Gasteiger charge is -2.20. The fourth-order valence-electron chi connectivity index (χ4n) is 1.93. The minimum absolute atomic E-state index is 0.268. The number of rotatable bonds is 2. The van der Waals surface area contributed by atoms with Crippen LogP contribution in [-0.2, 0) is 0 Å². The van der Waals surface area contributed by atoms with Crippen LogP contribution in [0.15, 0.2) is 49.2 Å². The molecule has 0 fully saturated rings. The number of aryl methyl sites for hydroxylation is 1. The van der Waals surface area contributed by atoms with Gasteiger partial charge in [-0.05, 0) is 35.9 Å². The van der Waals surface area contributed by atoms with Crippen molar-refractivity contribution >= 4 is 6.08 Å². The van der Waals surface area contributed by atoms with E-state index in [1.54, 1.807) is 0 Å². The van der Waals surface area contributed by atoms with E-state index in [0.29, 0.717) is 0 Å². The molecular formula is C14H15N. The molecule has 1 unspecified atom stereocenters. The molecule has 0 bridgehead atoms. The Morgan fingerprint density at radius 2 is 2.20 bits per heavy atom. The highest BCUT2D eigenvalue weighted by Crippen LogP contribution is 2.25. The van der Waals surface area contributed by atoms with E-state index in [1.165, 1.54) is 16.7 Å². The van der Waals surface area contributed by atoms with Crippen LogP contribution in [0.1, 0.15) is 22.7 Å². The summed E-state index contributed by atoms with van der Waals surface area (Å²) >= 11 is 0. The molecule has 0 radical (unpaired) electrons. The van der Waals surface area contributed by atoms with Crippen LogP contribution in [0.4, 0.5) is 0 Å². The van der Waals surface area contributed by atoms with Crippen molar-refractivity contribution < 1.29 is 0 Å². The average Bonchev–Trinajstić information content (AvgIpc) is 2.29. The second-order valence-electron chi connectivity index (χ2n) is 3.67. The van der Waals surface area contributed by atoms with E-state index in [1.807, 2.05) is 18.4 Å². The molecule has 1 aromatic rings. The topological polar surface area (TPSA) is 12.0 Å². The summed E-state index contributed by atoms with van der Waals surface area (Å²) < 4.78 is 0. The molecule has 1 aliphatic rings. The van der Waals surface area contributed by atoms with E-state index >= 15 is 0 Å². The zero-order chi connectivity index (χ0) is 10.7. The predicted octanol–water partition coefficient (Wildman–Crippen LogP) is 3.35. The van der Waals surface area contributed by atoms with Gasteiger partial charge in [0.2, 0.25) is 0 Å². The summed E-state index contributed by atoms with van der Waals surface area (Å²) in [6.07, 6.45) is 10.1. The van der Waals surface area contributed by atoms with Gasteiger partial charge in [0.05, 0.1) is 6.04 Å². The first kappa shape index (κ1) is 9.78. The normalized spacial score (nSPS) is 18.6. The van der Waals surface area contributed by atoms with E-state index < -0.39 is 0 Å². The Labute approximate surface area is 90.8 Å². The largest absolute Gasteiger partial charge is 0.381 e. The van der Waals surface area contributed by atoms with Gasteiger partial charge < -0.3 is 5.32 Å². The number of allylic oxidation sites excluding steroid dienone is 2. The Morgan fingerprint density at radius 3 is 2.87 bits per heavy atom. The summed E-state index contributed by atoms with van der Waals surface area (Å²) in [6, 6.07) is 6.57. The monoisotopic (exact) mass is 197 g/mol. The average molecular weight is 197 g/mol. The van der Waals surface area contributed by atoms with Crippen LogP contribution >= 0.6 is 0 Å². The summed E-state index contributed by atoms with van der Waals surface area (Å²) in [4.78, 5) is 0. The fourth-order valence-corrected chi connectivity index (χ4v) is 1.93. The number of hydrogen-bond donors (Lipinski definition) is 1. The van der Waals surface area contributed by atoms with Crippen molar-refractivity contribution in [3.05, 3.63) is 65.9 Å². The second kappa shape index (κ2) is 4.18. The lowest BCUT2D eigenvalue weighted by Crippen LogP contribution is -2.17. The smallest absolute Gasteiger partial charge is 0.0704 e. The van der Waals surface area contributed by atoms with Crippen LogP contribution in [0.3, 0.4) is 0 Å². The number of nitrogens with one attached hydrogen (secondary N) is 1. The Hall–Kier alpha value is -1.76. The minimum atomic E-state index is 0.268. The maximum atomic E-state index is 3.86. The summed E-state index contributed by atoms with van der Waals surface area (Å²) in [6.45, 7) is 5.99.